The number of benzene rings is 2. The van der Waals surface area contributed by atoms with Crippen molar-refractivity contribution < 1.29 is 19.4 Å². The Bertz CT molecular complexity index is 787. The number of nitrogens with zero attached hydrogens (tertiary/aromatic N) is 1. The number of hydrogen-bond donors (Lipinski definition) is 1. The Morgan fingerprint density at radius 2 is 1.58 bits per heavy atom. The molecule has 1 aliphatic carbocycles. The van der Waals surface area contributed by atoms with Gasteiger partial charge in [0.15, 0.2) is 0 Å². The van der Waals surface area contributed by atoms with Crippen LogP contribution in [0.5, 0.6) is 0 Å². The minimum absolute atomic E-state index is 0.216. The van der Waals surface area contributed by atoms with Crippen LogP contribution in [0.4, 0.5) is 4.79 Å². The van der Waals surface area contributed by atoms with Crippen molar-refractivity contribution in [1.29, 1.82) is 0 Å². The van der Waals surface area contributed by atoms with Gasteiger partial charge >= 0.3 is 12.1 Å². The number of ether oxygens (including phenoxy) is 1. The van der Waals surface area contributed by atoms with Crippen molar-refractivity contribution in [2.24, 2.45) is 5.92 Å². The fourth-order valence-electron chi connectivity index (χ4n) is 3.77. The van der Waals surface area contributed by atoms with E-state index in [4.69, 9.17) is 4.74 Å². The molecule has 0 aromatic heterocycles. The van der Waals surface area contributed by atoms with Crippen LogP contribution >= 0.6 is 0 Å². The smallest absolute Gasteiger partial charge is 0.411 e. The van der Waals surface area contributed by atoms with E-state index in [0.717, 1.165) is 22.3 Å². The number of amides is 1. The molecule has 1 N–H and O–H groups in total. The number of carbonyl (C=O) groups excluding carboxylic acids is 1. The quantitative estimate of drug-likeness (QED) is 0.869. The topological polar surface area (TPSA) is 66.8 Å². The van der Waals surface area contributed by atoms with E-state index in [1.54, 1.807) is 0 Å². The van der Waals surface area contributed by atoms with Gasteiger partial charge in [-0.1, -0.05) is 68.8 Å². The molecule has 5 nitrogen and oxygen atoms in total. The zero-order valence-corrected chi connectivity index (χ0v) is 15.2. The largest absolute Gasteiger partial charge is 0.480 e. The Kier molecular flexibility index (Phi) is 4.98. The lowest BCUT2D eigenvalue weighted by Crippen LogP contribution is -2.50. The van der Waals surface area contributed by atoms with E-state index in [1.807, 2.05) is 62.4 Å². The van der Waals surface area contributed by atoms with Gasteiger partial charge in [-0.05, 0) is 28.2 Å². The molecule has 2 atom stereocenters. The first kappa shape index (κ1) is 18.0. The number of carboxylic acids is 1. The highest BCUT2D eigenvalue weighted by Gasteiger charge is 2.43. The van der Waals surface area contributed by atoms with Crippen molar-refractivity contribution in [2.45, 2.75) is 32.4 Å². The summed E-state index contributed by atoms with van der Waals surface area (Å²) in [7, 11) is 1.29. The molecule has 1 aliphatic rings. The summed E-state index contributed by atoms with van der Waals surface area (Å²) in [6, 6.07) is 14.2. The molecular weight excluding hydrogens is 330 g/mol. The Labute approximate surface area is 153 Å². The summed E-state index contributed by atoms with van der Waals surface area (Å²) in [5.74, 6) is -1.24. The molecule has 0 fully saturated rings. The van der Waals surface area contributed by atoms with Gasteiger partial charge in [0.1, 0.15) is 6.04 Å². The van der Waals surface area contributed by atoms with Crippen molar-refractivity contribution in [2.75, 3.05) is 7.11 Å². The molecule has 3 rings (SSSR count). The van der Waals surface area contributed by atoms with Crippen LogP contribution in [0.15, 0.2) is 48.5 Å². The summed E-state index contributed by atoms with van der Waals surface area (Å²) < 4.78 is 5.00. The number of fused-ring (bicyclic) bond motifs is 3. The summed E-state index contributed by atoms with van der Waals surface area (Å²) >= 11 is 0. The number of carbonyl (C=O) groups is 2. The maximum atomic E-state index is 12.7. The van der Waals surface area contributed by atoms with Gasteiger partial charge in [0.2, 0.25) is 0 Å². The number of hydrogen-bond acceptors (Lipinski definition) is 3. The highest BCUT2D eigenvalue weighted by Crippen LogP contribution is 2.47. The molecule has 0 heterocycles. The molecule has 2 aromatic carbocycles. The number of aliphatic carboxylic acids is 1. The second-order valence-corrected chi connectivity index (χ2v) is 6.62. The molecule has 136 valence electrons. The third-order valence-corrected chi connectivity index (χ3v) is 5.20. The normalized spacial score (nSPS) is 14.9. The molecule has 0 radical (unpaired) electrons. The second kappa shape index (κ2) is 7.20. The zero-order chi connectivity index (χ0) is 18.8. The van der Waals surface area contributed by atoms with Gasteiger partial charge in [-0.25, -0.2) is 9.59 Å². The molecule has 0 saturated carbocycles. The highest BCUT2D eigenvalue weighted by molar-refractivity contribution is 5.85. The SMILES string of the molecule is CC[C@@H](C)[C@@H](C(=O)O)N(C(=O)OC)C1c2ccccc2-c2ccccc21. The molecule has 1 amide bonds. The van der Waals surface area contributed by atoms with E-state index >= 15 is 0 Å². The molecule has 0 saturated heterocycles. The number of rotatable bonds is 5. The van der Waals surface area contributed by atoms with E-state index in [-0.39, 0.29) is 5.92 Å². The van der Waals surface area contributed by atoms with Crippen molar-refractivity contribution in [3.8, 4) is 11.1 Å². The third-order valence-electron chi connectivity index (χ3n) is 5.20. The van der Waals surface area contributed by atoms with Gasteiger partial charge in [0, 0.05) is 0 Å². The Morgan fingerprint density at radius 3 is 2.00 bits per heavy atom. The summed E-state index contributed by atoms with van der Waals surface area (Å²) in [5.41, 5.74) is 3.90. The average molecular weight is 353 g/mol. The summed E-state index contributed by atoms with van der Waals surface area (Å²) in [6.45, 7) is 3.77. The van der Waals surface area contributed by atoms with Gasteiger partial charge < -0.3 is 9.84 Å². The van der Waals surface area contributed by atoms with Gasteiger partial charge in [-0.15, -0.1) is 0 Å². The van der Waals surface area contributed by atoms with Gasteiger partial charge in [-0.3, -0.25) is 4.90 Å². The van der Waals surface area contributed by atoms with Crippen molar-refractivity contribution >= 4 is 12.1 Å². The Morgan fingerprint density at radius 1 is 1.08 bits per heavy atom. The van der Waals surface area contributed by atoms with E-state index in [0.29, 0.717) is 6.42 Å². The molecule has 5 heteroatoms. The van der Waals surface area contributed by atoms with E-state index in [2.05, 4.69) is 0 Å². The monoisotopic (exact) mass is 353 g/mol. The first-order chi connectivity index (χ1) is 12.5. The predicted octanol–water partition coefficient (Wildman–Crippen LogP) is 4.32. The number of methoxy groups -OCH3 is 1. The highest BCUT2D eigenvalue weighted by atomic mass is 16.5. The first-order valence-electron chi connectivity index (χ1n) is 8.78. The van der Waals surface area contributed by atoms with E-state index in [1.165, 1.54) is 12.0 Å². The molecule has 0 aliphatic heterocycles. The minimum atomic E-state index is -1.02. The maximum absolute atomic E-state index is 12.7. The average Bonchev–Trinajstić information content (AvgIpc) is 2.99. The van der Waals surface area contributed by atoms with Crippen molar-refractivity contribution in [3.63, 3.8) is 0 Å². The summed E-state index contributed by atoms with van der Waals surface area (Å²) in [5, 5.41) is 9.90. The maximum Gasteiger partial charge on any atom is 0.411 e. The van der Waals surface area contributed by atoms with Crippen LogP contribution in [-0.2, 0) is 9.53 Å². The second-order valence-electron chi connectivity index (χ2n) is 6.62. The van der Waals surface area contributed by atoms with Crippen LogP contribution in [0.1, 0.15) is 37.4 Å². The van der Waals surface area contributed by atoms with Crippen molar-refractivity contribution in [3.05, 3.63) is 59.7 Å². The third kappa shape index (κ3) is 2.83. The lowest BCUT2D eigenvalue weighted by atomic mass is 9.94. The van der Waals surface area contributed by atoms with Gasteiger partial charge in [0.05, 0.1) is 13.2 Å². The molecule has 0 unspecified atom stereocenters. The fraction of sp³-hybridized carbons (Fsp3) is 0.333. The van der Waals surface area contributed by atoms with Crippen LogP contribution in [0.25, 0.3) is 11.1 Å². The van der Waals surface area contributed by atoms with E-state index in [9.17, 15) is 14.7 Å². The lowest BCUT2D eigenvalue weighted by Gasteiger charge is -2.36. The van der Waals surface area contributed by atoms with Gasteiger partial charge in [0.25, 0.3) is 0 Å². The van der Waals surface area contributed by atoms with Crippen LogP contribution in [-0.4, -0.2) is 35.2 Å². The molecule has 0 spiro atoms. The number of carboxylic acid groups (broad SMARTS) is 1. The fourth-order valence-corrected chi connectivity index (χ4v) is 3.77. The standard InChI is InChI=1S/C21H23NO4/c1-4-13(2)18(20(23)24)22(21(25)26-3)19-16-11-7-5-9-14(16)15-10-6-8-12-17(15)19/h5-13,18-19H,4H2,1-3H3,(H,23,24)/t13-,18+/m1/s1. The van der Waals surface area contributed by atoms with Crippen LogP contribution in [0.3, 0.4) is 0 Å². The molecule has 26 heavy (non-hydrogen) atoms. The first-order valence-corrected chi connectivity index (χ1v) is 8.78. The van der Waals surface area contributed by atoms with Crippen LogP contribution < -0.4 is 0 Å². The Balaban J connectivity index is 2.21. The zero-order valence-electron chi connectivity index (χ0n) is 15.2. The summed E-state index contributed by atoms with van der Waals surface area (Å²) in [4.78, 5) is 26.2. The van der Waals surface area contributed by atoms with Gasteiger partial charge in [-0.2, -0.15) is 0 Å². The molecule has 0 bridgehead atoms. The lowest BCUT2D eigenvalue weighted by molar-refractivity contribution is -0.145. The van der Waals surface area contributed by atoms with Crippen LogP contribution in [0.2, 0.25) is 0 Å². The minimum Gasteiger partial charge on any atom is -0.480 e. The summed E-state index contributed by atoms with van der Waals surface area (Å²) in [6.07, 6.45) is 0.00900. The molecule has 2 aromatic rings. The van der Waals surface area contributed by atoms with E-state index < -0.39 is 24.1 Å². The Hall–Kier alpha value is -2.82. The van der Waals surface area contributed by atoms with Crippen molar-refractivity contribution in [1.82, 2.24) is 4.90 Å². The van der Waals surface area contributed by atoms with Crippen LogP contribution in [0, 0.1) is 5.92 Å². The molecular formula is C21H23NO4. The predicted molar refractivity (Wildman–Crippen MR) is 98.8 cm³/mol.